The summed E-state index contributed by atoms with van der Waals surface area (Å²) in [6, 6.07) is 10.6. The second-order valence-corrected chi connectivity index (χ2v) is 5.78. The Bertz CT molecular complexity index is 638. The zero-order valence-corrected chi connectivity index (χ0v) is 13.0. The fraction of sp³-hybridized carbons (Fsp3) is 0.444. The van der Waals surface area contributed by atoms with E-state index in [1.54, 1.807) is 0 Å². The third-order valence-corrected chi connectivity index (χ3v) is 4.34. The maximum Gasteiger partial charge on any atom is 0.0903 e. The first kappa shape index (κ1) is 14.1. The number of unbranched alkanes of at least 4 members (excludes halogenated alkanes) is 2. The average Bonchev–Trinajstić information content (AvgIpc) is 3.10. The van der Waals surface area contributed by atoms with Crippen LogP contribution in [-0.4, -0.2) is 15.0 Å². The minimum Gasteiger partial charge on any atom is -0.244 e. The highest BCUT2D eigenvalue weighted by Crippen LogP contribution is 2.35. The van der Waals surface area contributed by atoms with Crippen molar-refractivity contribution in [3.63, 3.8) is 0 Å². The Morgan fingerprint density at radius 1 is 1.19 bits per heavy atom. The quantitative estimate of drug-likeness (QED) is 0.763. The van der Waals surface area contributed by atoms with Gasteiger partial charge in [0.1, 0.15) is 0 Å². The molecule has 1 aromatic heterocycles. The van der Waals surface area contributed by atoms with Crippen molar-refractivity contribution in [1.29, 1.82) is 0 Å². The lowest BCUT2D eigenvalue weighted by Crippen LogP contribution is -1.95. The summed E-state index contributed by atoms with van der Waals surface area (Å²) in [5.74, 6) is 0. The fourth-order valence-corrected chi connectivity index (χ4v) is 3.11. The van der Waals surface area contributed by atoms with Crippen LogP contribution in [0, 0.1) is 0 Å². The molecule has 2 aromatic rings. The summed E-state index contributed by atoms with van der Waals surface area (Å²) in [5.41, 5.74) is 6.58. The highest BCUT2D eigenvalue weighted by Gasteiger charge is 2.24. The molecule has 0 saturated heterocycles. The van der Waals surface area contributed by atoms with E-state index in [4.69, 9.17) is 0 Å². The SMILES string of the molecule is CCCCCc1nnn2c1/C(=C(/C)c1ccccc1)CC2. The Hall–Kier alpha value is -1.90. The van der Waals surface area contributed by atoms with E-state index in [9.17, 15) is 0 Å². The van der Waals surface area contributed by atoms with Crippen LogP contribution in [0.25, 0.3) is 11.1 Å². The lowest BCUT2D eigenvalue weighted by Gasteiger charge is -2.08. The number of fused-ring (bicyclic) bond motifs is 1. The van der Waals surface area contributed by atoms with Crippen LogP contribution in [0.3, 0.4) is 0 Å². The average molecular weight is 281 g/mol. The standard InChI is InChI=1S/C18H23N3/c1-3-4-6-11-17-18-16(12-13-21(18)20-19-17)14(2)15-9-7-5-8-10-15/h5,7-10H,3-4,6,11-13H2,1-2H3/b16-14-. The number of nitrogens with zero attached hydrogens (tertiary/aromatic N) is 3. The van der Waals surface area contributed by atoms with Gasteiger partial charge in [-0.05, 0) is 42.9 Å². The first-order valence-corrected chi connectivity index (χ1v) is 7.99. The third-order valence-electron chi connectivity index (χ3n) is 4.34. The number of allylic oxidation sites excluding steroid dienone is 2. The molecule has 2 heterocycles. The molecule has 0 aliphatic carbocycles. The van der Waals surface area contributed by atoms with Gasteiger partial charge in [-0.2, -0.15) is 0 Å². The van der Waals surface area contributed by atoms with Crippen molar-refractivity contribution in [2.75, 3.05) is 0 Å². The van der Waals surface area contributed by atoms with Crippen molar-refractivity contribution in [1.82, 2.24) is 15.0 Å². The number of hydrogen-bond acceptors (Lipinski definition) is 2. The Balaban J connectivity index is 1.93. The van der Waals surface area contributed by atoms with E-state index in [1.165, 1.54) is 47.4 Å². The van der Waals surface area contributed by atoms with Crippen molar-refractivity contribution in [3.05, 3.63) is 47.3 Å². The van der Waals surface area contributed by atoms with E-state index in [0.717, 1.165) is 19.4 Å². The van der Waals surface area contributed by atoms with E-state index in [0.29, 0.717) is 0 Å². The van der Waals surface area contributed by atoms with E-state index in [2.05, 4.69) is 59.2 Å². The number of aryl methyl sites for hydroxylation is 2. The molecular weight excluding hydrogens is 258 g/mol. The highest BCUT2D eigenvalue weighted by atomic mass is 15.4. The van der Waals surface area contributed by atoms with Crippen LogP contribution in [0.15, 0.2) is 30.3 Å². The number of aromatic nitrogens is 3. The highest BCUT2D eigenvalue weighted by molar-refractivity contribution is 5.90. The van der Waals surface area contributed by atoms with Crippen LogP contribution in [0.2, 0.25) is 0 Å². The molecule has 3 nitrogen and oxygen atoms in total. The first-order valence-electron chi connectivity index (χ1n) is 7.99. The van der Waals surface area contributed by atoms with Gasteiger partial charge in [-0.25, -0.2) is 4.68 Å². The maximum absolute atomic E-state index is 4.41. The predicted octanol–water partition coefficient (Wildman–Crippen LogP) is 4.35. The molecule has 0 unspecified atom stereocenters. The lowest BCUT2D eigenvalue weighted by molar-refractivity contribution is 0.627. The Morgan fingerprint density at radius 3 is 2.76 bits per heavy atom. The number of hydrogen-bond donors (Lipinski definition) is 0. The Morgan fingerprint density at radius 2 is 2.00 bits per heavy atom. The molecule has 110 valence electrons. The van der Waals surface area contributed by atoms with Crippen molar-refractivity contribution < 1.29 is 0 Å². The van der Waals surface area contributed by atoms with Crippen LogP contribution in [0.1, 0.15) is 56.5 Å². The molecule has 0 spiro atoms. The van der Waals surface area contributed by atoms with Crippen molar-refractivity contribution in [3.8, 4) is 0 Å². The van der Waals surface area contributed by atoms with Gasteiger partial charge in [-0.3, -0.25) is 0 Å². The van der Waals surface area contributed by atoms with Crippen molar-refractivity contribution in [2.45, 2.75) is 52.5 Å². The minimum absolute atomic E-state index is 0.968. The number of rotatable bonds is 5. The minimum atomic E-state index is 0.968. The topological polar surface area (TPSA) is 30.7 Å². The van der Waals surface area contributed by atoms with Crippen LogP contribution >= 0.6 is 0 Å². The molecule has 3 heteroatoms. The summed E-state index contributed by atoms with van der Waals surface area (Å²) in [4.78, 5) is 0. The molecule has 0 atom stereocenters. The van der Waals surface area contributed by atoms with E-state index < -0.39 is 0 Å². The van der Waals surface area contributed by atoms with Crippen molar-refractivity contribution in [2.24, 2.45) is 0 Å². The summed E-state index contributed by atoms with van der Waals surface area (Å²) in [6.07, 6.45) is 5.85. The normalized spacial score (nSPS) is 16.1. The van der Waals surface area contributed by atoms with E-state index in [-0.39, 0.29) is 0 Å². The second kappa shape index (κ2) is 6.25. The zero-order chi connectivity index (χ0) is 14.7. The van der Waals surface area contributed by atoms with E-state index in [1.807, 2.05) is 0 Å². The van der Waals surface area contributed by atoms with Crippen LogP contribution in [0.4, 0.5) is 0 Å². The smallest absolute Gasteiger partial charge is 0.0903 e. The molecule has 0 N–H and O–H groups in total. The molecule has 0 radical (unpaired) electrons. The molecule has 1 aliphatic heterocycles. The zero-order valence-electron chi connectivity index (χ0n) is 13.0. The van der Waals surface area contributed by atoms with Crippen molar-refractivity contribution >= 4 is 11.1 Å². The van der Waals surface area contributed by atoms with Gasteiger partial charge >= 0.3 is 0 Å². The predicted molar refractivity (Wildman–Crippen MR) is 86.8 cm³/mol. The second-order valence-electron chi connectivity index (χ2n) is 5.78. The van der Waals surface area contributed by atoms with Gasteiger partial charge in [0.2, 0.25) is 0 Å². The molecule has 1 aliphatic rings. The van der Waals surface area contributed by atoms with Gasteiger partial charge < -0.3 is 0 Å². The molecule has 3 rings (SSSR count). The van der Waals surface area contributed by atoms with Crippen LogP contribution in [0.5, 0.6) is 0 Å². The summed E-state index contributed by atoms with van der Waals surface area (Å²) < 4.78 is 2.09. The largest absolute Gasteiger partial charge is 0.244 e. The molecule has 1 aromatic carbocycles. The summed E-state index contributed by atoms with van der Waals surface area (Å²) in [6.45, 7) is 5.43. The number of benzene rings is 1. The first-order chi connectivity index (χ1) is 10.3. The van der Waals surface area contributed by atoms with Crippen LogP contribution < -0.4 is 0 Å². The molecule has 0 amide bonds. The summed E-state index contributed by atoms with van der Waals surface area (Å²) in [5, 5.41) is 8.75. The molecule has 21 heavy (non-hydrogen) atoms. The summed E-state index contributed by atoms with van der Waals surface area (Å²) >= 11 is 0. The van der Waals surface area contributed by atoms with Gasteiger partial charge in [-0.15, -0.1) is 5.10 Å². The summed E-state index contributed by atoms with van der Waals surface area (Å²) in [7, 11) is 0. The monoisotopic (exact) mass is 281 g/mol. The molecular formula is C18H23N3. The molecule has 0 bridgehead atoms. The van der Waals surface area contributed by atoms with Gasteiger partial charge in [0.05, 0.1) is 11.4 Å². The fourth-order valence-electron chi connectivity index (χ4n) is 3.11. The molecule has 0 fully saturated rings. The van der Waals surface area contributed by atoms with E-state index >= 15 is 0 Å². The van der Waals surface area contributed by atoms with Gasteiger partial charge in [0, 0.05) is 6.54 Å². The third kappa shape index (κ3) is 2.78. The van der Waals surface area contributed by atoms with Gasteiger partial charge in [0.25, 0.3) is 0 Å². The Kier molecular flexibility index (Phi) is 4.18. The molecule has 0 saturated carbocycles. The maximum atomic E-state index is 4.41. The lowest BCUT2D eigenvalue weighted by atomic mass is 9.97. The van der Waals surface area contributed by atoms with Gasteiger partial charge in [-0.1, -0.05) is 55.3 Å². The Labute approximate surface area is 126 Å². The van der Waals surface area contributed by atoms with Gasteiger partial charge in [0.15, 0.2) is 0 Å². The van der Waals surface area contributed by atoms with Crippen LogP contribution in [-0.2, 0) is 13.0 Å².